The summed E-state index contributed by atoms with van der Waals surface area (Å²) in [5, 5.41) is 0. The molecular weight excluding hydrogens is 368 g/mol. The van der Waals surface area contributed by atoms with Crippen LogP contribution in [-0.4, -0.2) is 61.3 Å². The van der Waals surface area contributed by atoms with E-state index in [9.17, 15) is 13.6 Å². The van der Waals surface area contributed by atoms with Gasteiger partial charge in [-0.15, -0.1) is 0 Å². The molecule has 4 heterocycles. The molecule has 0 bridgehead atoms. The second kappa shape index (κ2) is 6.77. The number of nitrogens with zero attached hydrogens (tertiary/aromatic N) is 7. The third-order valence-electron chi connectivity index (χ3n) is 4.76. The number of carbonyl (C=O) groups excluding carboxylic acids is 1. The molecule has 1 aliphatic heterocycles. The molecule has 1 fully saturated rings. The smallest absolute Gasteiger partial charge is 0.288 e. The Hall–Kier alpha value is -3.17. The van der Waals surface area contributed by atoms with Gasteiger partial charge >= 0.3 is 0 Å². The van der Waals surface area contributed by atoms with Gasteiger partial charge in [0, 0.05) is 52.4 Å². The Morgan fingerprint density at radius 2 is 1.86 bits per heavy atom. The van der Waals surface area contributed by atoms with Gasteiger partial charge in [-0.2, -0.15) is 8.78 Å². The van der Waals surface area contributed by atoms with Crippen molar-refractivity contribution in [1.82, 2.24) is 29.2 Å². The van der Waals surface area contributed by atoms with Crippen molar-refractivity contribution >= 4 is 17.4 Å². The van der Waals surface area contributed by atoms with Crippen LogP contribution in [0.4, 0.5) is 14.6 Å². The Morgan fingerprint density at radius 1 is 1.11 bits per heavy atom. The molecule has 1 amide bonds. The van der Waals surface area contributed by atoms with Crippen LogP contribution in [0.2, 0.25) is 0 Å². The van der Waals surface area contributed by atoms with E-state index < -0.39 is 5.92 Å². The summed E-state index contributed by atoms with van der Waals surface area (Å²) in [5.74, 6) is -1.89. The predicted molar refractivity (Wildman–Crippen MR) is 98.0 cm³/mol. The van der Waals surface area contributed by atoms with Crippen LogP contribution in [0.25, 0.3) is 17.2 Å². The molecule has 28 heavy (non-hydrogen) atoms. The lowest BCUT2D eigenvalue weighted by Crippen LogP contribution is -2.48. The fourth-order valence-electron chi connectivity index (χ4n) is 3.18. The second-order valence-electron chi connectivity index (χ2n) is 6.76. The van der Waals surface area contributed by atoms with Crippen LogP contribution in [0.1, 0.15) is 19.5 Å². The van der Waals surface area contributed by atoms with Crippen molar-refractivity contribution in [3.8, 4) is 11.5 Å². The molecule has 0 aromatic carbocycles. The lowest BCUT2D eigenvalue weighted by atomic mass is 10.3. The number of anilines is 1. The first kappa shape index (κ1) is 18.2. The number of alkyl halides is 2. The Labute approximate surface area is 159 Å². The molecule has 0 unspecified atom stereocenters. The summed E-state index contributed by atoms with van der Waals surface area (Å²) in [6.07, 6.45) is 5.74. The topological polar surface area (TPSA) is 79.5 Å². The summed E-state index contributed by atoms with van der Waals surface area (Å²) < 4.78 is 28.8. The fourth-order valence-corrected chi connectivity index (χ4v) is 3.18. The molecule has 1 aliphatic rings. The number of fused-ring (bicyclic) bond motifs is 1. The molecule has 3 aromatic rings. The van der Waals surface area contributed by atoms with Crippen molar-refractivity contribution in [1.29, 1.82) is 0 Å². The molecule has 10 heteroatoms. The fraction of sp³-hybridized carbons (Fsp3) is 0.389. The van der Waals surface area contributed by atoms with Gasteiger partial charge in [0.1, 0.15) is 17.2 Å². The molecule has 8 nitrogen and oxygen atoms in total. The molecule has 146 valence electrons. The number of carbonyl (C=O) groups is 1. The van der Waals surface area contributed by atoms with E-state index in [4.69, 9.17) is 0 Å². The number of rotatable bonds is 3. The summed E-state index contributed by atoms with van der Waals surface area (Å²) in [4.78, 5) is 32.2. The average Bonchev–Trinajstić information content (AvgIpc) is 3.11. The summed E-state index contributed by atoms with van der Waals surface area (Å²) in [7, 11) is 0. The van der Waals surface area contributed by atoms with Crippen molar-refractivity contribution in [3.05, 3.63) is 36.5 Å². The number of hydrogen-bond donors (Lipinski definition) is 0. The highest BCUT2D eigenvalue weighted by Gasteiger charge is 2.27. The van der Waals surface area contributed by atoms with Crippen LogP contribution in [0.5, 0.6) is 0 Å². The Kier molecular flexibility index (Phi) is 4.40. The largest absolute Gasteiger partial charge is 0.353 e. The first-order chi connectivity index (χ1) is 13.3. The Morgan fingerprint density at radius 3 is 2.54 bits per heavy atom. The summed E-state index contributed by atoms with van der Waals surface area (Å²) >= 11 is 0. The van der Waals surface area contributed by atoms with Gasteiger partial charge in [0.2, 0.25) is 5.91 Å². The van der Waals surface area contributed by atoms with E-state index in [0.717, 1.165) is 12.7 Å². The number of amides is 1. The van der Waals surface area contributed by atoms with Gasteiger partial charge in [-0.3, -0.25) is 9.20 Å². The molecule has 1 saturated heterocycles. The van der Waals surface area contributed by atoms with Crippen molar-refractivity contribution in [2.24, 2.45) is 0 Å². The highest BCUT2D eigenvalue weighted by atomic mass is 19.3. The molecule has 3 aromatic heterocycles. The maximum Gasteiger partial charge on any atom is 0.288 e. The zero-order valence-corrected chi connectivity index (χ0v) is 15.5. The molecule has 0 atom stereocenters. The molecule has 0 radical (unpaired) electrons. The van der Waals surface area contributed by atoms with Gasteiger partial charge < -0.3 is 9.80 Å². The van der Waals surface area contributed by atoms with E-state index in [1.54, 1.807) is 30.3 Å². The summed E-state index contributed by atoms with van der Waals surface area (Å²) in [5.41, 5.74) is 0.593. The van der Waals surface area contributed by atoms with Crippen LogP contribution in [-0.2, 0) is 10.7 Å². The number of imidazole rings is 1. The van der Waals surface area contributed by atoms with E-state index in [-0.39, 0.29) is 11.6 Å². The minimum atomic E-state index is -3.06. The minimum Gasteiger partial charge on any atom is -0.353 e. The predicted octanol–water partition coefficient (Wildman–Crippen LogP) is 1.97. The van der Waals surface area contributed by atoms with E-state index in [1.165, 1.54) is 16.8 Å². The number of hydrogen-bond acceptors (Lipinski definition) is 6. The standard InChI is InChI=1S/C18H19F2N7O/c1-12(28)25-5-7-26(8-6-25)15-3-4-21-17(24-15)13-9-23-16-10-22-14(11-27(13)16)18(2,19)20/h3-4,9-11H,5-8H2,1-2H3. The quantitative estimate of drug-likeness (QED) is 0.684. The molecular formula is C18H19F2N7O. The number of piperazine rings is 1. The van der Waals surface area contributed by atoms with Crippen molar-refractivity contribution < 1.29 is 13.6 Å². The van der Waals surface area contributed by atoms with E-state index in [2.05, 4.69) is 24.8 Å². The van der Waals surface area contributed by atoms with Crippen LogP contribution in [0.3, 0.4) is 0 Å². The number of aromatic nitrogens is 5. The van der Waals surface area contributed by atoms with Gasteiger partial charge in [-0.25, -0.2) is 19.9 Å². The Balaban J connectivity index is 1.66. The van der Waals surface area contributed by atoms with Crippen molar-refractivity contribution in [3.63, 3.8) is 0 Å². The van der Waals surface area contributed by atoms with E-state index in [1.807, 2.05) is 0 Å². The van der Waals surface area contributed by atoms with Crippen LogP contribution < -0.4 is 4.90 Å². The maximum absolute atomic E-state index is 13.7. The first-order valence-electron chi connectivity index (χ1n) is 8.88. The van der Waals surface area contributed by atoms with Gasteiger partial charge in [-0.1, -0.05) is 0 Å². The monoisotopic (exact) mass is 387 g/mol. The van der Waals surface area contributed by atoms with Gasteiger partial charge in [0.25, 0.3) is 5.92 Å². The second-order valence-corrected chi connectivity index (χ2v) is 6.76. The minimum absolute atomic E-state index is 0.0610. The van der Waals surface area contributed by atoms with Crippen molar-refractivity contribution in [2.45, 2.75) is 19.8 Å². The molecule has 0 spiro atoms. The SMILES string of the molecule is CC(=O)N1CCN(c2ccnc(-c3cnc4cnc(C(C)(F)F)cn34)n2)CC1. The Bertz CT molecular complexity index is 1020. The number of halogens is 2. The highest BCUT2D eigenvalue weighted by Crippen LogP contribution is 2.27. The van der Waals surface area contributed by atoms with Gasteiger partial charge in [-0.05, 0) is 6.07 Å². The average molecular weight is 387 g/mol. The third-order valence-corrected chi connectivity index (χ3v) is 4.76. The van der Waals surface area contributed by atoms with Gasteiger partial charge in [0.05, 0.1) is 12.4 Å². The van der Waals surface area contributed by atoms with Crippen LogP contribution >= 0.6 is 0 Å². The first-order valence-corrected chi connectivity index (χ1v) is 8.88. The molecule has 0 N–H and O–H groups in total. The van der Waals surface area contributed by atoms with E-state index >= 15 is 0 Å². The third kappa shape index (κ3) is 3.37. The zero-order valence-electron chi connectivity index (χ0n) is 15.5. The highest BCUT2D eigenvalue weighted by molar-refractivity contribution is 5.73. The summed E-state index contributed by atoms with van der Waals surface area (Å²) in [6, 6.07) is 1.79. The van der Waals surface area contributed by atoms with Crippen LogP contribution in [0, 0.1) is 0 Å². The zero-order chi connectivity index (χ0) is 19.9. The lowest BCUT2D eigenvalue weighted by molar-refractivity contribution is -0.129. The maximum atomic E-state index is 13.7. The summed E-state index contributed by atoms with van der Waals surface area (Å²) in [6.45, 7) is 4.95. The van der Waals surface area contributed by atoms with Gasteiger partial charge in [0.15, 0.2) is 11.5 Å². The van der Waals surface area contributed by atoms with E-state index in [0.29, 0.717) is 43.3 Å². The molecule has 4 rings (SSSR count). The normalized spacial score (nSPS) is 15.3. The molecule has 0 saturated carbocycles. The molecule has 0 aliphatic carbocycles. The lowest BCUT2D eigenvalue weighted by Gasteiger charge is -2.34. The van der Waals surface area contributed by atoms with Crippen molar-refractivity contribution in [2.75, 3.05) is 31.1 Å². The van der Waals surface area contributed by atoms with Crippen LogP contribution in [0.15, 0.2) is 30.9 Å².